The largest absolute Gasteiger partial charge is 0.347 e. The van der Waals surface area contributed by atoms with E-state index in [9.17, 15) is 0 Å². The fourth-order valence-corrected chi connectivity index (χ4v) is 5.61. The van der Waals surface area contributed by atoms with Crippen LogP contribution in [0.15, 0.2) is 0 Å². The first-order chi connectivity index (χ1) is 6.90. The fraction of sp³-hybridized carbons (Fsp3) is 1.00. The summed E-state index contributed by atoms with van der Waals surface area (Å²) in [6.07, 6.45) is 4.25. The lowest BCUT2D eigenvalue weighted by atomic mass is 9.64. The second-order valence-corrected chi connectivity index (χ2v) is 6.01. The predicted molar refractivity (Wildman–Crippen MR) is 49.4 cm³/mol. The fourth-order valence-electron chi connectivity index (χ4n) is 5.61. The van der Waals surface area contributed by atoms with Gasteiger partial charge < -0.3 is 9.47 Å². The highest BCUT2D eigenvalue weighted by Crippen LogP contribution is 2.78. The van der Waals surface area contributed by atoms with E-state index in [1.807, 2.05) is 0 Å². The zero-order valence-electron chi connectivity index (χ0n) is 8.32. The van der Waals surface area contributed by atoms with E-state index in [0.717, 1.165) is 48.7 Å². The molecule has 76 valence electrons. The van der Waals surface area contributed by atoms with Crippen LogP contribution < -0.4 is 0 Å². The lowest BCUT2D eigenvalue weighted by Crippen LogP contribution is -2.53. The van der Waals surface area contributed by atoms with Crippen LogP contribution in [-0.2, 0) is 9.47 Å². The maximum atomic E-state index is 6.04. The first-order valence-electron chi connectivity index (χ1n) is 6.18. The highest BCUT2D eigenvalue weighted by molar-refractivity contribution is 5.22. The molecule has 0 N–H and O–H groups in total. The van der Waals surface area contributed by atoms with Crippen molar-refractivity contribution in [3.05, 3.63) is 0 Å². The van der Waals surface area contributed by atoms with Gasteiger partial charge in [-0.3, -0.25) is 0 Å². The standard InChI is InChI=1S/C12H16O2/c1-2-14-12(13-1)7-3-6-4-9(12)11-8(5-7)10(6)11/h6-11H,1-5H2/t6-,7-,8-,9+,10?,11?/m0/s1. The normalized spacial score (nSPS) is 65.1. The van der Waals surface area contributed by atoms with E-state index in [1.165, 1.54) is 19.3 Å². The third-order valence-corrected chi connectivity index (χ3v) is 5.83. The number of hydrogen-bond donors (Lipinski definition) is 0. The Balaban J connectivity index is 1.67. The van der Waals surface area contributed by atoms with Gasteiger partial charge in [-0.15, -0.1) is 0 Å². The number of rotatable bonds is 0. The molecule has 14 heavy (non-hydrogen) atoms. The van der Waals surface area contributed by atoms with Crippen molar-refractivity contribution in [2.24, 2.45) is 35.5 Å². The molecule has 6 aliphatic rings. The summed E-state index contributed by atoms with van der Waals surface area (Å²) < 4.78 is 12.1. The molecule has 6 fully saturated rings. The van der Waals surface area contributed by atoms with Crippen LogP contribution in [0.25, 0.3) is 0 Å². The molecular formula is C12H16O2. The van der Waals surface area contributed by atoms with Gasteiger partial charge in [0.1, 0.15) is 0 Å². The molecule has 2 unspecified atom stereocenters. The quantitative estimate of drug-likeness (QED) is 0.581. The van der Waals surface area contributed by atoms with Gasteiger partial charge in [-0.05, 0) is 42.9 Å². The second-order valence-electron chi connectivity index (χ2n) is 6.01. The first-order valence-corrected chi connectivity index (χ1v) is 6.18. The summed E-state index contributed by atoms with van der Waals surface area (Å²) in [5.41, 5.74) is 0. The first kappa shape index (κ1) is 7.24. The highest BCUT2D eigenvalue weighted by Gasteiger charge is 2.77. The Labute approximate surface area is 84.0 Å². The lowest BCUT2D eigenvalue weighted by molar-refractivity contribution is -0.265. The van der Waals surface area contributed by atoms with Crippen LogP contribution in [0.4, 0.5) is 0 Å². The molecule has 1 heterocycles. The average Bonchev–Trinajstić information content (AvgIpc) is 2.57. The van der Waals surface area contributed by atoms with Crippen molar-refractivity contribution in [3.8, 4) is 0 Å². The van der Waals surface area contributed by atoms with Gasteiger partial charge in [-0.2, -0.15) is 0 Å². The minimum atomic E-state index is -0.0804. The summed E-state index contributed by atoms with van der Waals surface area (Å²) in [4.78, 5) is 0. The van der Waals surface area contributed by atoms with Crippen LogP contribution in [0.5, 0.6) is 0 Å². The van der Waals surface area contributed by atoms with Gasteiger partial charge >= 0.3 is 0 Å². The average molecular weight is 192 g/mol. The molecule has 0 aromatic heterocycles. The number of ether oxygens (including phenoxy) is 2. The maximum Gasteiger partial charge on any atom is 0.174 e. The van der Waals surface area contributed by atoms with Crippen molar-refractivity contribution in [1.82, 2.24) is 0 Å². The van der Waals surface area contributed by atoms with E-state index in [0.29, 0.717) is 0 Å². The Bertz CT molecular complexity index is 307. The second kappa shape index (κ2) is 1.92. The van der Waals surface area contributed by atoms with Crippen LogP contribution >= 0.6 is 0 Å². The van der Waals surface area contributed by atoms with Gasteiger partial charge in [0, 0.05) is 11.8 Å². The molecule has 0 aromatic carbocycles. The Hall–Kier alpha value is -0.0800. The van der Waals surface area contributed by atoms with Gasteiger partial charge in [0.05, 0.1) is 13.2 Å². The lowest BCUT2D eigenvalue weighted by Gasteiger charge is -2.50. The summed E-state index contributed by atoms with van der Waals surface area (Å²) in [7, 11) is 0. The summed E-state index contributed by atoms with van der Waals surface area (Å²) in [6.45, 7) is 1.69. The molecule has 1 aliphatic heterocycles. The summed E-state index contributed by atoms with van der Waals surface area (Å²) in [6, 6.07) is 0. The molecule has 6 rings (SSSR count). The van der Waals surface area contributed by atoms with Gasteiger partial charge in [-0.1, -0.05) is 0 Å². The Morgan fingerprint density at radius 1 is 0.929 bits per heavy atom. The molecule has 5 saturated carbocycles. The maximum absolute atomic E-state index is 6.04. The Kier molecular flexibility index (Phi) is 0.992. The monoisotopic (exact) mass is 192 g/mol. The van der Waals surface area contributed by atoms with Gasteiger partial charge in [-0.25, -0.2) is 0 Å². The summed E-state index contributed by atoms with van der Waals surface area (Å²) >= 11 is 0. The van der Waals surface area contributed by atoms with E-state index in [1.54, 1.807) is 0 Å². The van der Waals surface area contributed by atoms with Crippen LogP contribution in [0.1, 0.15) is 19.3 Å². The summed E-state index contributed by atoms with van der Waals surface area (Å²) in [5.74, 6) is 5.73. The number of hydrogen-bond acceptors (Lipinski definition) is 2. The van der Waals surface area contributed by atoms with Crippen molar-refractivity contribution in [2.75, 3.05) is 13.2 Å². The molecule has 1 saturated heterocycles. The van der Waals surface area contributed by atoms with E-state index in [2.05, 4.69) is 0 Å². The SMILES string of the molecule is C1COC2(O1)[C@H]1C[C@H]3C[C@@H]2C2C3[C@@H]2C1. The molecule has 1 spiro atoms. The minimum absolute atomic E-state index is 0.0804. The molecular weight excluding hydrogens is 176 g/mol. The van der Waals surface area contributed by atoms with Gasteiger partial charge in [0.2, 0.25) is 0 Å². The van der Waals surface area contributed by atoms with Crippen molar-refractivity contribution < 1.29 is 9.47 Å². The smallest absolute Gasteiger partial charge is 0.174 e. The zero-order valence-corrected chi connectivity index (χ0v) is 8.32. The van der Waals surface area contributed by atoms with Crippen LogP contribution in [0.3, 0.4) is 0 Å². The molecule has 4 bridgehead atoms. The van der Waals surface area contributed by atoms with Crippen LogP contribution in [-0.4, -0.2) is 19.0 Å². The van der Waals surface area contributed by atoms with E-state index in [-0.39, 0.29) is 5.79 Å². The van der Waals surface area contributed by atoms with Crippen molar-refractivity contribution in [1.29, 1.82) is 0 Å². The van der Waals surface area contributed by atoms with E-state index < -0.39 is 0 Å². The molecule has 0 amide bonds. The molecule has 2 nitrogen and oxygen atoms in total. The van der Waals surface area contributed by atoms with E-state index >= 15 is 0 Å². The van der Waals surface area contributed by atoms with Crippen molar-refractivity contribution >= 4 is 0 Å². The zero-order chi connectivity index (χ0) is 8.91. The van der Waals surface area contributed by atoms with Crippen molar-refractivity contribution in [3.63, 3.8) is 0 Å². The van der Waals surface area contributed by atoms with Gasteiger partial charge in [0.25, 0.3) is 0 Å². The van der Waals surface area contributed by atoms with Gasteiger partial charge in [0.15, 0.2) is 5.79 Å². The Morgan fingerprint density at radius 2 is 1.79 bits per heavy atom. The highest BCUT2D eigenvalue weighted by atomic mass is 16.7. The predicted octanol–water partition coefficient (Wildman–Crippen LogP) is 1.65. The summed E-state index contributed by atoms with van der Waals surface area (Å²) in [5, 5.41) is 0. The molecule has 0 aromatic rings. The molecule has 2 heteroatoms. The van der Waals surface area contributed by atoms with E-state index in [4.69, 9.17) is 9.47 Å². The minimum Gasteiger partial charge on any atom is -0.347 e. The third kappa shape index (κ3) is 0.548. The topological polar surface area (TPSA) is 18.5 Å². The molecule has 5 aliphatic carbocycles. The molecule has 6 atom stereocenters. The van der Waals surface area contributed by atoms with Crippen LogP contribution in [0.2, 0.25) is 0 Å². The molecule has 0 radical (unpaired) electrons. The van der Waals surface area contributed by atoms with Crippen LogP contribution in [0, 0.1) is 35.5 Å². The third-order valence-electron chi connectivity index (χ3n) is 5.83. The van der Waals surface area contributed by atoms with Crippen molar-refractivity contribution in [2.45, 2.75) is 25.0 Å². The Morgan fingerprint density at radius 3 is 2.57 bits per heavy atom.